The van der Waals surface area contributed by atoms with Crippen LogP contribution in [0.4, 0.5) is 5.69 Å². The lowest BCUT2D eigenvalue weighted by Crippen LogP contribution is -2.55. The second kappa shape index (κ2) is 11.0. The Morgan fingerprint density at radius 1 is 1.02 bits per heavy atom. The fourth-order valence-electron chi connectivity index (χ4n) is 6.43. The molecular formula is C32H38N2O7S. The zero-order chi connectivity index (χ0) is 29.8. The van der Waals surface area contributed by atoms with Gasteiger partial charge in [-0.25, -0.2) is 0 Å². The lowest BCUT2D eigenvalue weighted by molar-refractivity contribution is -0.145. The second-order valence-corrected chi connectivity index (χ2v) is 14.0. The van der Waals surface area contributed by atoms with Crippen molar-refractivity contribution in [3.63, 3.8) is 0 Å². The highest BCUT2D eigenvalue weighted by molar-refractivity contribution is 8.01. The highest BCUT2D eigenvalue weighted by atomic mass is 32.2. The third kappa shape index (κ3) is 5.18. The summed E-state index contributed by atoms with van der Waals surface area (Å²) in [7, 11) is 0. The van der Waals surface area contributed by atoms with Crippen molar-refractivity contribution >= 4 is 35.2 Å². The maximum atomic E-state index is 14.6. The van der Waals surface area contributed by atoms with Gasteiger partial charge in [0.1, 0.15) is 25.6 Å². The van der Waals surface area contributed by atoms with Gasteiger partial charge in [-0.05, 0) is 48.4 Å². The number of aliphatic carboxylic acids is 1. The smallest absolute Gasteiger partial charge is 0.306 e. The number of piperidine rings is 1. The lowest BCUT2D eigenvalue weighted by Gasteiger charge is -2.44. The van der Waals surface area contributed by atoms with Crippen molar-refractivity contribution in [2.75, 3.05) is 37.8 Å². The molecule has 224 valence electrons. The predicted octanol–water partition coefficient (Wildman–Crippen LogP) is 4.82. The Morgan fingerprint density at radius 2 is 1.76 bits per heavy atom. The normalized spacial score (nSPS) is 24.0. The molecule has 4 aliphatic heterocycles. The molecule has 2 aromatic rings. The van der Waals surface area contributed by atoms with Crippen LogP contribution in [0, 0.1) is 18.3 Å². The van der Waals surface area contributed by atoms with Crippen molar-refractivity contribution in [3.05, 3.63) is 47.0 Å². The van der Waals surface area contributed by atoms with E-state index in [4.69, 9.17) is 14.2 Å². The first-order valence-corrected chi connectivity index (χ1v) is 15.6. The monoisotopic (exact) mass is 594 g/mol. The number of nitrogens with zero attached hydrogens (tertiary/aromatic N) is 2. The van der Waals surface area contributed by atoms with Crippen molar-refractivity contribution in [2.24, 2.45) is 11.3 Å². The molecule has 2 aromatic carbocycles. The van der Waals surface area contributed by atoms with Crippen molar-refractivity contribution in [1.82, 2.24) is 4.90 Å². The predicted molar refractivity (Wildman–Crippen MR) is 160 cm³/mol. The zero-order valence-corrected chi connectivity index (χ0v) is 25.4. The molecule has 0 aromatic heterocycles. The number of carbonyl (C=O) groups excluding carboxylic acids is 2. The number of benzene rings is 2. The van der Waals surface area contributed by atoms with Crippen LogP contribution in [-0.4, -0.2) is 72.0 Å². The number of anilines is 1. The fourth-order valence-corrected chi connectivity index (χ4v) is 7.89. The molecule has 0 unspecified atom stereocenters. The number of likely N-dealkylation sites (tertiary alicyclic amines) is 1. The topological polar surface area (TPSA) is 106 Å². The van der Waals surface area contributed by atoms with Crippen LogP contribution in [-0.2, 0) is 14.4 Å². The van der Waals surface area contributed by atoms with E-state index in [1.165, 1.54) is 11.8 Å². The summed E-state index contributed by atoms with van der Waals surface area (Å²) in [5.41, 5.74) is 3.36. The van der Waals surface area contributed by atoms with Gasteiger partial charge in [-0.1, -0.05) is 39.0 Å². The molecule has 0 spiro atoms. The van der Waals surface area contributed by atoms with Crippen molar-refractivity contribution < 1.29 is 33.7 Å². The van der Waals surface area contributed by atoms with Crippen molar-refractivity contribution in [3.8, 4) is 17.2 Å². The highest BCUT2D eigenvalue weighted by Gasteiger charge is 2.48. The molecule has 4 heterocycles. The molecule has 1 N–H and O–H groups in total. The maximum absolute atomic E-state index is 14.6. The Morgan fingerprint density at radius 3 is 2.48 bits per heavy atom. The maximum Gasteiger partial charge on any atom is 0.306 e. The molecule has 4 aliphatic rings. The molecule has 0 radical (unpaired) electrons. The quantitative estimate of drug-likeness (QED) is 0.537. The summed E-state index contributed by atoms with van der Waals surface area (Å²) in [6.07, 6.45) is 0.875. The fraction of sp³-hybridized carbons (Fsp3) is 0.531. The minimum Gasteiger partial charge on any atom is -0.489 e. The molecule has 1 saturated heterocycles. The summed E-state index contributed by atoms with van der Waals surface area (Å²) in [6.45, 7) is 10.4. The standard InChI is InChI=1S/C32H38N2O7S/c1-18-14-21-27-23(15-18)41-17-25(32(2,3)4)34(27)30(36)24(16-26(35)33-10-8-19(9-11-33)31(37)38)42-29(21)20-6-5-7-22-28(20)40-13-12-39-22/h5-7,14-15,19,24-25,29H,8-13,16-17H2,1-4H3,(H,37,38)/t24-,25+,29-/m1/s1. The van der Waals surface area contributed by atoms with Gasteiger partial charge in [0.15, 0.2) is 11.5 Å². The van der Waals surface area contributed by atoms with Gasteiger partial charge < -0.3 is 29.1 Å². The molecule has 0 saturated carbocycles. The summed E-state index contributed by atoms with van der Waals surface area (Å²) in [6, 6.07) is 9.72. The first kappa shape index (κ1) is 28.7. The minimum absolute atomic E-state index is 0.0284. The van der Waals surface area contributed by atoms with Crippen LogP contribution in [0.15, 0.2) is 30.3 Å². The van der Waals surface area contributed by atoms with E-state index in [2.05, 4.69) is 26.8 Å². The average Bonchev–Trinajstić information content (AvgIpc) is 3.07. The molecule has 2 amide bonds. The Kier molecular flexibility index (Phi) is 7.53. The first-order valence-electron chi connectivity index (χ1n) is 14.7. The van der Waals surface area contributed by atoms with Crippen LogP contribution in [0.1, 0.15) is 62.0 Å². The number of fused-ring (bicyclic) bond motifs is 1. The van der Waals surface area contributed by atoms with Crippen molar-refractivity contribution in [2.45, 2.75) is 63.5 Å². The largest absolute Gasteiger partial charge is 0.489 e. The molecular weight excluding hydrogens is 556 g/mol. The van der Waals surface area contributed by atoms with E-state index in [0.29, 0.717) is 63.0 Å². The van der Waals surface area contributed by atoms with Crippen LogP contribution in [0.25, 0.3) is 0 Å². The van der Waals surface area contributed by atoms with Crippen molar-refractivity contribution in [1.29, 1.82) is 0 Å². The van der Waals surface area contributed by atoms with E-state index < -0.39 is 17.1 Å². The summed E-state index contributed by atoms with van der Waals surface area (Å²) < 4.78 is 18.4. The number of carbonyl (C=O) groups is 3. The zero-order valence-electron chi connectivity index (χ0n) is 24.6. The number of carboxylic acid groups (broad SMARTS) is 1. The van der Waals surface area contributed by atoms with E-state index in [1.807, 2.05) is 36.1 Å². The summed E-state index contributed by atoms with van der Waals surface area (Å²) in [4.78, 5) is 43.4. The Hall–Kier alpha value is -3.40. The summed E-state index contributed by atoms with van der Waals surface area (Å²) >= 11 is 1.48. The van der Waals surface area contributed by atoms with Gasteiger partial charge >= 0.3 is 5.97 Å². The van der Waals surface area contributed by atoms with Crippen LogP contribution >= 0.6 is 11.8 Å². The van der Waals surface area contributed by atoms with Gasteiger partial charge in [-0.15, -0.1) is 11.8 Å². The molecule has 1 fully saturated rings. The van der Waals surface area contributed by atoms with Gasteiger partial charge in [0.05, 0.1) is 28.1 Å². The number of carboxylic acids is 1. The van der Waals surface area contributed by atoms with Gasteiger partial charge in [0.25, 0.3) is 0 Å². The van der Waals surface area contributed by atoms with Gasteiger partial charge in [0, 0.05) is 25.1 Å². The lowest BCUT2D eigenvalue weighted by atomic mass is 9.84. The van der Waals surface area contributed by atoms with E-state index in [1.54, 1.807) is 4.90 Å². The molecule has 0 bridgehead atoms. The number of thioether (sulfide) groups is 1. The molecule has 6 rings (SSSR count). The van der Waals surface area contributed by atoms with Gasteiger partial charge in [-0.3, -0.25) is 14.4 Å². The minimum atomic E-state index is -0.818. The third-order valence-electron chi connectivity index (χ3n) is 8.73. The second-order valence-electron chi connectivity index (χ2n) is 12.7. The number of hydrogen-bond acceptors (Lipinski definition) is 7. The Balaban J connectivity index is 1.44. The van der Waals surface area contributed by atoms with E-state index in [-0.39, 0.29) is 34.9 Å². The van der Waals surface area contributed by atoms with Crippen LogP contribution in [0.2, 0.25) is 0 Å². The average molecular weight is 595 g/mol. The number of amides is 2. The van der Waals surface area contributed by atoms with Crippen LogP contribution < -0.4 is 19.1 Å². The first-order chi connectivity index (χ1) is 20.0. The highest BCUT2D eigenvalue weighted by Crippen LogP contribution is 2.55. The number of hydrogen-bond donors (Lipinski definition) is 1. The number of rotatable bonds is 4. The molecule has 0 aliphatic carbocycles. The van der Waals surface area contributed by atoms with Gasteiger partial charge in [-0.2, -0.15) is 0 Å². The van der Waals surface area contributed by atoms with Crippen LogP contribution in [0.3, 0.4) is 0 Å². The van der Waals surface area contributed by atoms with E-state index in [0.717, 1.165) is 22.4 Å². The molecule has 42 heavy (non-hydrogen) atoms. The van der Waals surface area contributed by atoms with Crippen LogP contribution in [0.5, 0.6) is 17.2 Å². The summed E-state index contributed by atoms with van der Waals surface area (Å²) in [5, 5.41) is 8.42. The molecule has 9 nitrogen and oxygen atoms in total. The Bertz CT molecular complexity index is 1410. The number of para-hydroxylation sites is 1. The summed E-state index contributed by atoms with van der Waals surface area (Å²) in [5.74, 6) is 0.536. The molecule has 10 heteroatoms. The Labute approximate surface area is 250 Å². The number of aryl methyl sites for hydroxylation is 1. The third-order valence-corrected chi connectivity index (χ3v) is 10.2. The SMILES string of the molecule is Cc1cc2c3c(c1)[C@@H](c1cccc4c1OCCO4)S[C@H](CC(=O)N1CCC(C(=O)O)CC1)C(=O)N3[C@H](C(C)(C)C)CO2. The molecule has 3 atom stereocenters. The van der Waals surface area contributed by atoms with Gasteiger partial charge in [0.2, 0.25) is 11.8 Å². The van der Waals surface area contributed by atoms with E-state index in [9.17, 15) is 19.5 Å². The van der Waals surface area contributed by atoms with E-state index >= 15 is 0 Å². The number of ether oxygens (including phenoxy) is 3.